The molecular formula is C13H23N3O. The standard InChI is InChI=1S/C13H23N3O/c1-3-4-5-7-12(2)14-10-11-16-13(17)8-6-9-15-16/h6,8-9,12,14H,3-5,7,10-11H2,1-2H3. The van der Waals surface area contributed by atoms with E-state index in [0.29, 0.717) is 12.6 Å². The first-order chi connectivity index (χ1) is 8.24. The third kappa shape index (κ3) is 5.63. The van der Waals surface area contributed by atoms with Crippen LogP contribution in [0.15, 0.2) is 23.1 Å². The Hall–Kier alpha value is -1.16. The maximum atomic E-state index is 11.4. The van der Waals surface area contributed by atoms with Gasteiger partial charge >= 0.3 is 0 Å². The van der Waals surface area contributed by atoms with Gasteiger partial charge in [-0.2, -0.15) is 5.10 Å². The van der Waals surface area contributed by atoms with Crippen LogP contribution in [0.5, 0.6) is 0 Å². The first-order valence-corrected chi connectivity index (χ1v) is 6.49. The lowest BCUT2D eigenvalue weighted by Crippen LogP contribution is -2.32. The Bertz CT molecular complexity index is 362. The molecule has 0 aliphatic rings. The van der Waals surface area contributed by atoms with Gasteiger partial charge in [0.1, 0.15) is 0 Å². The van der Waals surface area contributed by atoms with E-state index in [1.165, 1.54) is 36.4 Å². The number of hydrogen-bond donors (Lipinski definition) is 1. The van der Waals surface area contributed by atoms with Crippen molar-refractivity contribution in [2.75, 3.05) is 6.54 Å². The van der Waals surface area contributed by atoms with Crippen LogP contribution in [0.2, 0.25) is 0 Å². The largest absolute Gasteiger partial charge is 0.312 e. The van der Waals surface area contributed by atoms with E-state index in [2.05, 4.69) is 24.3 Å². The third-order valence-electron chi connectivity index (χ3n) is 2.84. The zero-order valence-electron chi connectivity index (χ0n) is 10.9. The smallest absolute Gasteiger partial charge is 0.266 e. The SMILES string of the molecule is CCCCCC(C)NCCn1ncccc1=O. The molecule has 0 bridgehead atoms. The van der Waals surface area contributed by atoms with Crippen molar-refractivity contribution in [2.24, 2.45) is 0 Å². The van der Waals surface area contributed by atoms with Gasteiger partial charge < -0.3 is 5.32 Å². The van der Waals surface area contributed by atoms with Crippen LogP contribution in [0.3, 0.4) is 0 Å². The molecule has 4 nitrogen and oxygen atoms in total. The number of unbranched alkanes of at least 4 members (excludes halogenated alkanes) is 2. The normalized spacial score (nSPS) is 12.6. The molecule has 0 fully saturated rings. The van der Waals surface area contributed by atoms with Crippen LogP contribution >= 0.6 is 0 Å². The van der Waals surface area contributed by atoms with Gasteiger partial charge in [0.15, 0.2) is 0 Å². The fraction of sp³-hybridized carbons (Fsp3) is 0.692. The second-order valence-electron chi connectivity index (χ2n) is 4.44. The van der Waals surface area contributed by atoms with Crippen molar-refractivity contribution in [1.29, 1.82) is 0 Å². The molecule has 1 rings (SSSR count). The first-order valence-electron chi connectivity index (χ1n) is 6.49. The lowest BCUT2D eigenvalue weighted by atomic mass is 10.1. The summed E-state index contributed by atoms with van der Waals surface area (Å²) in [6.45, 7) is 5.84. The molecule has 1 N–H and O–H groups in total. The summed E-state index contributed by atoms with van der Waals surface area (Å²) in [5.74, 6) is 0. The van der Waals surface area contributed by atoms with Gasteiger partial charge in [-0.3, -0.25) is 4.79 Å². The highest BCUT2D eigenvalue weighted by Crippen LogP contribution is 2.02. The Morgan fingerprint density at radius 1 is 1.47 bits per heavy atom. The summed E-state index contributed by atoms with van der Waals surface area (Å²) in [5, 5.41) is 7.43. The van der Waals surface area contributed by atoms with E-state index < -0.39 is 0 Å². The topological polar surface area (TPSA) is 46.9 Å². The zero-order chi connectivity index (χ0) is 12.5. The highest BCUT2D eigenvalue weighted by molar-refractivity contribution is 4.84. The van der Waals surface area contributed by atoms with Crippen molar-refractivity contribution >= 4 is 0 Å². The third-order valence-corrected chi connectivity index (χ3v) is 2.84. The molecule has 4 heteroatoms. The predicted octanol–water partition coefficient (Wildman–Crippen LogP) is 1.80. The fourth-order valence-electron chi connectivity index (χ4n) is 1.77. The molecule has 0 aromatic carbocycles. The van der Waals surface area contributed by atoms with Gasteiger partial charge in [0.2, 0.25) is 0 Å². The van der Waals surface area contributed by atoms with Crippen molar-refractivity contribution in [3.05, 3.63) is 28.7 Å². The molecule has 96 valence electrons. The Kier molecular flexibility index (Phi) is 6.55. The van der Waals surface area contributed by atoms with Gasteiger partial charge in [-0.15, -0.1) is 0 Å². The maximum absolute atomic E-state index is 11.4. The van der Waals surface area contributed by atoms with Crippen LogP contribution in [-0.4, -0.2) is 22.4 Å². The molecule has 17 heavy (non-hydrogen) atoms. The minimum atomic E-state index is -0.0343. The Balaban J connectivity index is 2.19. The molecule has 1 aromatic heterocycles. The maximum Gasteiger partial charge on any atom is 0.266 e. The number of nitrogens with one attached hydrogen (secondary N) is 1. The summed E-state index contributed by atoms with van der Waals surface area (Å²) < 4.78 is 1.49. The van der Waals surface area contributed by atoms with Crippen LogP contribution < -0.4 is 10.9 Å². The highest BCUT2D eigenvalue weighted by atomic mass is 16.1. The van der Waals surface area contributed by atoms with Gasteiger partial charge in [0.05, 0.1) is 6.54 Å². The lowest BCUT2D eigenvalue weighted by Gasteiger charge is -2.13. The Morgan fingerprint density at radius 3 is 3.00 bits per heavy atom. The molecule has 1 aromatic rings. The van der Waals surface area contributed by atoms with Gasteiger partial charge in [-0.1, -0.05) is 26.2 Å². The van der Waals surface area contributed by atoms with E-state index in [0.717, 1.165) is 6.54 Å². The minimum absolute atomic E-state index is 0.0343. The predicted molar refractivity (Wildman–Crippen MR) is 70.1 cm³/mol. The van der Waals surface area contributed by atoms with Crippen LogP contribution in [-0.2, 0) is 6.54 Å². The van der Waals surface area contributed by atoms with E-state index in [9.17, 15) is 4.79 Å². The van der Waals surface area contributed by atoms with E-state index in [1.807, 2.05) is 0 Å². The Labute approximate surface area is 103 Å². The Morgan fingerprint density at radius 2 is 2.29 bits per heavy atom. The number of hydrogen-bond acceptors (Lipinski definition) is 3. The molecule has 1 atom stereocenters. The van der Waals surface area contributed by atoms with Crippen molar-refractivity contribution < 1.29 is 0 Å². The van der Waals surface area contributed by atoms with E-state index in [4.69, 9.17) is 0 Å². The van der Waals surface area contributed by atoms with E-state index >= 15 is 0 Å². The van der Waals surface area contributed by atoms with Crippen molar-refractivity contribution in [3.8, 4) is 0 Å². The van der Waals surface area contributed by atoms with Crippen LogP contribution in [0.4, 0.5) is 0 Å². The van der Waals surface area contributed by atoms with Crippen LogP contribution in [0, 0.1) is 0 Å². The average Bonchev–Trinajstić information content (AvgIpc) is 2.32. The van der Waals surface area contributed by atoms with E-state index in [-0.39, 0.29) is 5.56 Å². The summed E-state index contributed by atoms with van der Waals surface area (Å²) in [6.07, 6.45) is 6.67. The summed E-state index contributed by atoms with van der Waals surface area (Å²) >= 11 is 0. The van der Waals surface area contributed by atoms with E-state index in [1.54, 1.807) is 12.3 Å². The minimum Gasteiger partial charge on any atom is -0.312 e. The van der Waals surface area contributed by atoms with Crippen molar-refractivity contribution in [2.45, 2.75) is 52.1 Å². The number of nitrogens with zero attached hydrogens (tertiary/aromatic N) is 2. The molecule has 0 saturated heterocycles. The molecular weight excluding hydrogens is 214 g/mol. The van der Waals surface area contributed by atoms with Gasteiger partial charge in [-0.25, -0.2) is 4.68 Å². The summed E-state index contributed by atoms with van der Waals surface area (Å²) in [7, 11) is 0. The molecule has 0 amide bonds. The number of aromatic nitrogens is 2. The molecule has 0 spiro atoms. The fourth-order valence-corrected chi connectivity index (χ4v) is 1.77. The summed E-state index contributed by atoms with van der Waals surface area (Å²) in [6, 6.07) is 3.72. The number of rotatable bonds is 8. The molecule has 0 saturated carbocycles. The van der Waals surface area contributed by atoms with Crippen LogP contribution in [0.25, 0.3) is 0 Å². The van der Waals surface area contributed by atoms with Gasteiger partial charge in [-0.05, 0) is 19.4 Å². The van der Waals surface area contributed by atoms with Crippen molar-refractivity contribution in [1.82, 2.24) is 15.1 Å². The zero-order valence-corrected chi connectivity index (χ0v) is 10.9. The lowest BCUT2D eigenvalue weighted by molar-refractivity contribution is 0.453. The molecule has 1 unspecified atom stereocenters. The second kappa shape index (κ2) is 8.01. The summed E-state index contributed by atoms with van der Waals surface area (Å²) in [4.78, 5) is 11.4. The average molecular weight is 237 g/mol. The molecule has 0 aliphatic carbocycles. The summed E-state index contributed by atoms with van der Waals surface area (Å²) in [5.41, 5.74) is -0.0343. The van der Waals surface area contributed by atoms with Gasteiger partial charge in [0, 0.05) is 24.8 Å². The quantitative estimate of drug-likeness (QED) is 0.701. The monoisotopic (exact) mass is 237 g/mol. The highest BCUT2D eigenvalue weighted by Gasteiger charge is 2.01. The van der Waals surface area contributed by atoms with Gasteiger partial charge in [0.25, 0.3) is 5.56 Å². The first kappa shape index (κ1) is 13.9. The second-order valence-corrected chi connectivity index (χ2v) is 4.44. The molecule has 1 heterocycles. The van der Waals surface area contributed by atoms with Crippen molar-refractivity contribution in [3.63, 3.8) is 0 Å². The van der Waals surface area contributed by atoms with Crippen LogP contribution in [0.1, 0.15) is 39.5 Å². The molecule has 0 radical (unpaired) electrons. The molecule has 0 aliphatic heterocycles.